The maximum Gasteiger partial charge on any atom is 0.274 e. The topological polar surface area (TPSA) is 83.6 Å². The van der Waals surface area contributed by atoms with Gasteiger partial charge in [0.15, 0.2) is 5.69 Å². The Balaban J connectivity index is 1.49. The number of H-pyrrole nitrogens is 1. The van der Waals surface area contributed by atoms with Crippen molar-refractivity contribution in [1.82, 2.24) is 25.7 Å². The van der Waals surface area contributed by atoms with Gasteiger partial charge < -0.3 is 5.32 Å². The zero-order valence-electron chi connectivity index (χ0n) is 12.6. The Labute approximate surface area is 132 Å². The molecule has 2 aromatic rings. The molecule has 1 unspecified atom stereocenters. The fraction of sp³-hybridized carbons (Fsp3) is 0.600. The van der Waals surface area contributed by atoms with Gasteiger partial charge in [-0.2, -0.15) is 15.4 Å². The maximum atomic E-state index is 12.4. The summed E-state index contributed by atoms with van der Waals surface area (Å²) in [6, 6.07) is -0.0909. The number of aryl methyl sites for hydroxylation is 2. The minimum absolute atomic E-state index is 0.0909. The molecule has 2 aliphatic carbocycles. The van der Waals surface area contributed by atoms with Crippen LogP contribution in [0.3, 0.4) is 0 Å². The van der Waals surface area contributed by atoms with E-state index in [1.54, 1.807) is 11.3 Å². The van der Waals surface area contributed by atoms with Gasteiger partial charge in [-0.25, -0.2) is 4.98 Å². The minimum Gasteiger partial charge on any atom is -0.342 e. The third kappa shape index (κ3) is 2.54. The molecule has 1 fully saturated rings. The monoisotopic (exact) mass is 317 g/mol. The molecule has 0 radical (unpaired) electrons. The third-order valence-corrected chi connectivity index (χ3v) is 5.67. The number of nitrogens with zero attached hydrogens (tertiary/aromatic N) is 3. The number of aromatic amines is 1. The van der Waals surface area contributed by atoms with Crippen LogP contribution in [0.25, 0.3) is 0 Å². The molecule has 6 nitrogen and oxygen atoms in total. The summed E-state index contributed by atoms with van der Waals surface area (Å²) in [6.45, 7) is 1.99. The normalized spacial score (nSPS) is 18.8. The highest BCUT2D eigenvalue weighted by Gasteiger charge is 2.32. The van der Waals surface area contributed by atoms with E-state index in [4.69, 9.17) is 4.98 Å². The second-order valence-corrected chi connectivity index (χ2v) is 7.27. The number of hydrogen-bond donors (Lipinski definition) is 2. The number of aromatic nitrogens is 4. The number of carbonyl (C=O) groups excluding carboxylic acids is 1. The van der Waals surface area contributed by atoms with Crippen molar-refractivity contribution in [3.63, 3.8) is 0 Å². The van der Waals surface area contributed by atoms with Crippen molar-refractivity contribution >= 4 is 17.2 Å². The van der Waals surface area contributed by atoms with E-state index in [9.17, 15) is 4.79 Å². The molecule has 7 heteroatoms. The lowest BCUT2D eigenvalue weighted by Crippen LogP contribution is -2.27. The molecule has 1 amide bonds. The molecule has 2 heterocycles. The molecule has 22 heavy (non-hydrogen) atoms. The average Bonchev–Trinajstić information content (AvgIpc) is 3.09. The Bertz CT molecular complexity index is 679. The lowest BCUT2D eigenvalue weighted by Gasteiger charge is -2.10. The van der Waals surface area contributed by atoms with Gasteiger partial charge in [0.25, 0.3) is 5.91 Å². The number of rotatable bonds is 4. The Morgan fingerprint density at radius 3 is 2.91 bits per heavy atom. The second-order valence-electron chi connectivity index (χ2n) is 6.16. The first-order chi connectivity index (χ1) is 10.7. The van der Waals surface area contributed by atoms with Crippen LogP contribution in [0, 0.1) is 0 Å². The fourth-order valence-corrected chi connectivity index (χ4v) is 4.09. The lowest BCUT2D eigenvalue weighted by atomic mass is 10.0. The SMILES string of the molecule is CC(NC(=O)c1n[nH]nc1C1CC1)c1nc2c(s1)CCCC2. The molecule has 2 aromatic heterocycles. The van der Waals surface area contributed by atoms with E-state index < -0.39 is 0 Å². The number of fused-ring (bicyclic) bond motifs is 1. The van der Waals surface area contributed by atoms with E-state index in [0.29, 0.717) is 11.6 Å². The van der Waals surface area contributed by atoms with E-state index in [2.05, 4.69) is 20.7 Å². The number of nitrogens with one attached hydrogen (secondary N) is 2. The zero-order valence-corrected chi connectivity index (χ0v) is 13.4. The van der Waals surface area contributed by atoms with Crippen LogP contribution in [0.4, 0.5) is 0 Å². The van der Waals surface area contributed by atoms with Crippen molar-refractivity contribution in [1.29, 1.82) is 0 Å². The van der Waals surface area contributed by atoms with Gasteiger partial charge in [-0.1, -0.05) is 0 Å². The Morgan fingerprint density at radius 2 is 2.14 bits per heavy atom. The lowest BCUT2D eigenvalue weighted by molar-refractivity contribution is 0.0933. The standard InChI is InChI=1S/C15H19N5OS/c1-8(15-17-10-4-2-3-5-11(10)22-15)16-14(21)13-12(9-6-7-9)18-20-19-13/h8-9H,2-7H2,1H3,(H,16,21)(H,18,19,20). The molecule has 0 aromatic carbocycles. The highest BCUT2D eigenvalue weighted by atomic mass is 32.1. The first-order valence-electron chi connectivity index (χ1n) is 7.92. The fourth-order valence-electron chi connectivity index (χ4n) is 2.93. The zero-order chi connectivity index (χ0) is 15.1. The molecule has 1 atom stereocenters. The predicted octanol–water partition coefficient (Wildman–Crippen LogP) is 2.51. The quantitative estimate of drug-likeness (QED) is 0.907. The number of carbonyl (C=O) groups is 1. The van der Waals surface area contributed by atoms with Crippen molar-refractivity contribution in [2.24, 2.45) is 0 Å². The van der Waals surface area contributed by atoms with Crippen LogP contribution in [-0.2, 0) is 12.8 Å². The smallest absolute Gasteiger partial charge is 0.274 e. The molecule has 2 aliphatic rings. The molecular weight excluding hydrogens is 298 g/mol. The summed E-state index contributed by atoms with van der Waals surface area (Å²) < 4.78 is 0. The summed E-state index contributed by atoms with van der Waals surface area (Å²) in [5.74, 6) is 0.248. The van der Waals surface area contributed by atoms with E-state index >= 15 is 0 Å². The molecular formula is C15H19N5OS. The van der Waals surface area contributed by atoms with Crippen LogP contribution in [-0.4, -0.2) is 26.3 Å². The maximum absolute atomic E-state index is 12.4. The highest BCUT2D eigenvalue weighted by Crippen LogP contribution is 2.40. The van der Waals surface area contributed by atoms with Crippen molar-refractivity contribution in [3.05, 3.63) is 27.0 Å². The largest absolute Gasteiger partial charge is 0.342 e. The Hall–Kier alpha value is -1.76. The molecule has 0 bridgehead atoms. The molecule has 0 aliphatic heterocycles. The van der Waals surface area contributed by atoms with Gasteiger partial charge >= 0.3 is 0 Å². The van der Waals surface area contributed by atoms with Crippen LogP contribution in [0.15, 0.2) is 0 Å². The van der Waals surface area contributed by atoms with Crippen molar-refractivity contribution in [2.75, 3.05) is 0 Å². The van der Waals surface area contributed by atoms with E-state index in [1.165, 1.54) is 23.4 Å². The van der Waals surface area contributed by atoms with Gasteiger partial charge in [0.1, 0.15) is 5.01 Å². The second kappa shape index (κ2) is 5.46. The van der Waals surface area contributed by atoms with Crippen LogP contribution in [0.5, 0.6) is 0 Å². The van der Waals surface area contributed by atoms with Crippen LogP contribution < -0.4 is 5.32 Å². The summed E-state index contributed by atoms with van der Waals surface area (Å²) in [6.07, 6.45) is 6.87. The number of hydrogen-bond acceptors (Lipinski definition) is 5. The van der Waals surface area contributed by atoms with Crippen molar-refractivity contribution in [2.45, 2.75) is 57.4 Å². The average molecular weight is 317 g/mol. The first kappa shape index (κ1) is 13.9. The summed E-state index contributed by atoms with van der Waals surface area (Å²) in [4.78, 5) is 18.5. The molecule has 0 saturated heterocycles. The van der Waals surface area contributed by atoms with Gasteiger partial charge in [0.2, 0.25) is 0 Å². The third-order valence-electron chi connectivity index (χ3n) is 4.33. The molecule has 4 rings (SSSR count). The predicted molar refractivity (Wildman–Crippen MR) is 83.0 cm³/mol. The summed E-state index contributed by atoms with van der Waals surface area (Å²) in [5, 5.41) is 14.7. The number of amides is 1. The van der Waals surface area contributed by atoms with E-state index in [0.717, 1.165) is 36.4 Å². The van der Waals surface area contributed by atoms with Gasteiger partial charge in [-0.3, -0.25) is 4.79 Å². The number of thiazole rings is 1. The molecule has 1 saturated carbocycles. The van der Waals surface area contributed by atoms with Gasteiger partial charge in [-0.05, 0) is 45.4 Å². The summed E-state index contributed by atoms with van der Waals surface area (Å²) >= 11 is 1.74. The van der Waals surface area contributed by atoms with Gasteiger partial charge in [0, 0.05) is 10.8 Å². The first-order valence-corrected chi connectivity index (χ1v) is 8.74. The summed E-state index contributed by atoms with van der Waals surface area (Å²) in [7, 11) is 0. The molecule has 0 spiro atoms. The van der Waals surface area contributed by atoms with Crippen LogP contribution in [0.1, 0.15) is 76.3 Å². The van der Waals surface area contributed by atoms with Crippen molar-refractivity contribution < 1.29 is 4.79 Å². The van der Waals surface area contributed by atoms with Crippen molar-refractivity contribution in [3.8, 4) is 0 Å². The van der Waals surface area contributed by atoms with E-state index in [1.807, 2.05) is 6.92 Å². The van der Waals surface area contributed by atoms with Crippen LogP contribution in [0.2, 0.25) is 0 Å². The molecule has 2 N–H and O–H groups in total. The minimum atomic E-state index is -0.156. The highest BCUT2D eigenvalue weighted by molar-refractivity contribution is 7.11. The molecule has 116 valence electrons. The van der Waals surface area contributed by atoms with Crippen LogP contribution >= 0.6 is 11.3 Å². The summed E-state index contributed by atoms with van der Waals surface area (Å²) in [5.41, 5.74) is 2.48. The van der Waals surface area contributed by atoms with Gasteiger partial charge in [-0.15, -0.1) is 11.3 Å². The van der Waals surface area contributed by atoms with Gasteiger partial charge in [0.05, 0.1) is 17.4 Å². The Kier molecular flexibility index (Phi) is 3.44. The van der Waals surface area contributed by atoms with E-state index in [-0.39, 0.29) is 11.9 Å². The Morgan fingerprint density at radius 1 is 1.32 bits per heavy atom.